The van der Waals surface area contributed by atoms with E-state index in [1.54, 1.807) is 12.1 Å². The Morgan fingerprint density at radius 1 is 1.07 bits per heavy atom. The lowest BCUT2D eigenvalue weighted by Crippen LogP contribution is -1.97. The summed E-state index contributed by atoms with van der Waals surface area (Å²) in [6.07, 6.45) is 3.51. The summed E-state index contributed by atoms with van der Waals surface area (Å²) < 4.78 is 19.2. The second-order valence-corrected chi connectivity index (χ2v) is 4.13. The smallest absolute Gasteiger partial charge is 0.123 e. The van der Waals surface area contributed by atoms with Gasteiger partial charge in [-0.15, -0.1) is 0 Å². The van der Waals surface area contributed by atoms with Gasteiger partial charge in [-0.25, -0.2) is 4.39 Å². The quantitative estimate of drug-likeness (QED) is 0.441. The number of alkyl halides is 1. The monoisotopic (exact) mass is 308 g/mol. The van der Waals surface area contributed by atoms with E-state index in [-0.39, 0.29) is 5.82 Å². The fourth-order valence-electron chi connectivity index (χ4n) is 1.09. The second-order valence-electron chi connectivity index (χ2n) is 3.05. The van der Waals surface area contributed by atoms with Crippen LogP contribution >= 0.6 is 22.6 Å². The van der Waals surface area contributed by atoms with Crippen molar-refractivity contribution in [2.75, 3.05) is 11.0 Å². The first-order chi connectivity index (χ1) is 6.83. The first kappa shape index (κ1) is 11.8. The summed E-state index contributed by atoms with van der Waals surface area (Å²) in [6, 6.07) is 6.15. The van der Waals surface area contributed by atoms with Crippen LogP contribution in [0.4, 0.5) is 4.39 Å². The summed E-state index contributed by atoms with van der Waals surface area (Å²) >= 11 is 2.37. The summed E-state index contributed by atoms with van der Waals surface area (Å²) in [5.74, 6) is 0.531. The molecule has 0 amide bonds. The van der Waals surface area contributed by atoms with E-state index in [0.717, 1.165) is 18.8 Å². The molecule has 3 heteroatoms. The van der Waals surface area contributed by atoms with Gasteiger partial charge in [0, 0.05) is 0 Å². The number of unbranched alkanes of at least 4 members (excludes halogenated alkanes) is 2. The highest BCUT2D eigenvalue weighted by molar-refractivity contribution is 14.1. The molecule has 0 heterocycles. The maximum atomic E-state index is 12.5. The Kier molecular flexibility index (Phi) is 5.91. The summed E-state index contributed by atoms with van der Waals surface area (Å²) in [6.45, 7) is 0.724. The molecule has 0 radical (unpaired) electrons. The molecule has 0 saturated carbocycles. The van der Waals surface area contributed by atoms with Crippen molar-refractivity contribution in [1.29, 1.82) is 0 Å². The van der Waals surface area contributed by atoms with Crippen LogP contribution in [0, 0.1) is 5.82 Å². The number of halogens is 2. The van der Waals surface area contributed by atoms with Crippen LogP contribution in [0.5, 0.6) is 5.75 Å². The van der Waals surface area contributed by atoms with E-state index in [4.69, 9.17) is 4.74 Å². The van der Waals surface area contributed by atoms with Crippen molar-refractivity contribution >= 4 is 22.6 Å². The first-order valence-corrected chi connectivity index (χ1v) is 6.30. The molecule has 78 valence electrons. The van der Waals surface area contributed by atoms with E-state index in [1.807, 2.05) is 0 Å². The Morgan fingerprint density at radius 2 is 1.79 bits per heavy atom. The molecule has 0 N–H and O–H groups in total. The molecule has 0 saturated heterocycles. The van der Waals surface area contributed by atoms with Crippen LogP contribution < -0.4 is 4.74 Å². The predicted octanol–water partition coefficient (Wildman–Crippen LogP) is 3.81. The van der Waals surface area contributed by atoms with E-state index in [0.29, 0.717) is 0 Å². The molecular formula is C11H14FIO. The fraction of sp³-hybridized carbons (Fsp3) is 0.455. The Bertz CT molecular complexity index is 248. The van der Waals surface area contributed by atoms with Gasteiger partial charge in [0.05, 0.1) is 6.61 Å². The number of benzene rings is 1. The third kappa shape index (κ3) is 4.79. The third-order valence-electron chi connectivity index (χ3n) is 1.86. The van der Waals surface area contributed by atoms with Crippen molar-refractivity contribution in [3.63, 3.8) is 0 Å². The van der Waals surface area contributed by atoms with Gasteiger partial charge in [0.1, 0.15) is 11.6 Å². The van der Waals surface area contributed by atoms with Crippen LogP contribution in [0.25, 0.3) is 0 Å². The second kappa shape index (κ2) is 7.04. The molecule has 14 heavy (non-hydrogen) atoms. The highest BCUT2D eigenvalue weighted by atomic mass is 127. The van der Waals surface area contributed by atoms with Crippen LogP contribution in [-0.4, -0.2) is 11.0 Å². The van der Waals surface area contributed by atoms with Gasteiger partial charge in [-0.05, 0) is 48.0 Å². The number of hydrogen-bond acceptors (Lipinski definition) is 1. The van der Waals surface area contributed by atoms with E-state index in [1.165, 1.54) is 29.4 Å². The molecule has 0 bridgehead atoms. The molecule has 1 aromatic rings. The number of hydrogen-bond donors (Lipinski definition) is 0. The molecule has 0 fully saturated rings. The van der Waals surface area contributed by atoms with Crippen molar-refractivity contribution in [2.45, 2.75) is 19.3 Å². The summed E-state index contributed by atoms with van der Waals surface area (Å²) in [7, 11) is 0. The zero-order chi connectivity index (χ0) is 10.2. The Hall–Kier alpha value is -0.320. The van der Waals surface area contributed by atoms with Crippen LogP contribution in [0.2, 0.25) is 0 Å². The molecule has 0 aliphatic rings. The highest BCUT2D eigenvalue weighted by Gasteiger charge is 1.94. The maximum absolute atomic E-state index is 12.5. The van der Waals surface area contributed by atoms with Crippen LogP contribution in [-0.2, 0) is 0 Å². The summed E-state index contributed by atoms with van der Waals surface area (Å²) in [5, 5.41) is 0. The number of rotatable bonds is 6. The van der Waals surface area contributed by atoms with E-state index in [9.17, 15) is 4.39 Å². The topological polar surface area (TPSA) is 9.23 Å². The van der Waals surface area contributed by atoms with Crippen molar-refractivity contribution in [1.82, 2.24) is 0 Å². The highest BCUT2D eigenvalue weighted by Crippen LogP contribution is 2.11. The average Bonchev–Trinajstić information content (AvgIpc) is 2.21. The lowest BCUT2D eigenvalue weighted by Gasteiger charge is -2.04. The lowest BCUT2D eigenvalue weighted by atomic mass is 10.3. The molecular weight excluding hydrogens is 294 g/mol. The van der Waals surface area contributed by atoms with Gasteiger partial charge in [-0.2, -0.15) is 0 Å². The molecule has 1 aromatic carbocycles. The van der Waals surface area contributed by atoms with E-state index < -0.39 is 0 Å². The molecule has 0 aliphatic heterocycles. The summed E-state index contributed by atoms with van der Waals surface area (Å²) in [5.41, 5.74) is 0. The first-order valence-electron chi connectivity index (χ1n) is 4.77. The van der Waals surface area contributed by atoms with Gasteiger partial charge in [-0.1, -0.05) is 22.6 Å². The molecule has 1 nitrogen and oxygen atoms in total. The molecule has 0 atom stereocenters. The zero-order valence-electron chi connectivity index (χ0n) is 8.01. The molecule has 1 rings (SSSR count). The van der Waals surface area contributed by atoms with Gasteiger partial charge in [0.2, 0.25) is 0 Å². The largest absolute Gasteiger partial charge is 0.494 e. The SMILES string of the molecule is Fc1ccc(OCCCCCI)cc1. The van der Waals surface area contributed by atoms with Crippen LogP contribution in [0.3, 0.4) is 0 Å². The van der Waals surface area contributed by atoms with Crippen LogP contribution in [0.1, 0.15) is 19.3 Å². The van der Waals surface area contributed by atoms with Crippen molar-refractivity contribution in [2.24, 2.45) is 0 Å². The Balaban J connectivity index is 2.15. The van der Waals surface area contributed by atoms with Crippen molar-refractivity contribution in [3.8, 4) is 5.75 Å². The van der Waals surface area contributed by atoms with Gasteiger partial charge >= 0.3 is 0 Å². The zero-order valence-corrected chi connectivity index (χ0v) is 10.2. The predicted molar refractivity (Wildman–Crippen MR) is 64.6 cm³/mol. The van der Waals surface area contributed by atoms with Crippen molar-refractivity contribution in [3.05, 3.63) is 30.1 Å². The average molecular weight is 308 g/mol. The maximum Gasteiger partial charge on any atom is 0.123 e. The Labute approximate surface area is 97.8 Å². The molecule has 0 aromatic heterocycles. The molecule has 0 unspecified atom stereocenters. The van der Waals surface area contributed by atoms with Gasteiger partial charge < -0.3 is 4.74 Å². The minimum atomic E-state index is -0.220. The van der Waals surface area contributed by atoms with Gasteiger partial charge in [0.25, 0.3) is 0 Å². The van der Waals surface area contributed by atoms with Gasteiger partial charge in [0.15, 0.2) is 0 Å². The molecule has 0 aliphatic carbocycles. The molecule has 0 spiro atoms. The minimum absolute atomic E-state index is 0.220. The van der Waals surface area contributed by atoms with Gasteiger partial charge in [-0.3, -0.25) is 0 Å². The van der Waals surface area contributed by atoms with E-state index in [2.05, 4.69) is 22.6 Å². The normalized spacial score (nSPS) is 10.1. The van der Waals surface area contributed by atoms with E-state index >= 15 is 0 Å². The third-order valence-corrected chi connectivity index (χ3v) is 2.62. The fourth-order valence-corrected chi connectivity index (χ4v) is 1.63. The van der Waals surface area contributed by atoms with Crippen molar-refractivity contribution < 1.29 is 9.13 Å². The minimum Gasteiger partial charge on any atom is -0.494 e. The summed E-state index contributed by atoms with van der Waals surface area (Å²) in [4.78, 5) is 0. The lowest BCUT2D eigenvalue weighted by molar-refractivity contribution is 0.306. The van der Waals surface area contributed by atoms with Crippen LogP contribution in [0.15, 0.2) is 24.3 Å². The standard InChI is InChI=1S/C11H14FIO/c12-10-4-6-11(7-5-10)14-9-3-1-2-8-13/h4-7H,1-3,8-9H2. The number of ether oxygens (including phenoxy) is 1. The Morgan fingerprint density at radius 3 is 2.43 bits per heavy atom.